The van der Waals surface area contributed by atoms with Crippen molar-refractivity contribution in [3.8, 4) is 0 Å². The molecule has 0 spiro atoms. The Bertz CT molecular complexity index is 244. The van der Waals surface area contributed by atoms with Crippen molar-refractivity contribution < 1.29 is 14.7 Å². The number of amides is 2. The Morgan fingerprint density at radius 2 is 1.81 bits per heavy atom. The van der Waals surface area contributed by atoms with Crippen molar-refractivity contribution in [3.05, 3.63) is 0 Å². The van der Waals surface area contributed by atoms with Gasteiger partial charge in [-0.3, -0.25) is 9.59 Å². The first kappa shape index (κ1) is 14.9. The van der Waals surface area contributed by atoms with Crippen LogP contribution in [0.4, 0.5) is 0 Å². The van der Waals surface area contributed by atoms with Crippen molar-refractivity contribution in [1.29, 1.82) is 0 Å². The number of hydrogen-bond acceptors (Lipinski definition) is 3. The van der Waals surface area contributed by atoms with Crippen LogP contribution in [0.15, 0.2) is 0 Å². The first-order valence-electron chi connectivity index (χ1n) is 5.51. The second-order valence-corrected chi connectivity index (χ2v) is 4.76. The lowest BCUT2D eigenvalue weighted by atomic mass is 10.1. The lowest BCUT2D eigenvalue weighted by Crippen LogP contribution is -2.43. The average molecular weight is 230 g/mol. The van der Waals surface area contributed by atoms with Crippen molar-refractivity contribution >= 4 is 11.8 Å². The van der Waals surface area contributed by atoms with Gasteiger partial charge in [-0.15, -0.1) is 0 Å². The molecule has 0 aromatic rings. The summed E-state index contributed by atoms with van der Waals surface area (Å²) in [6, 6.07) is 0. The highest BCUT2D eigenvalue weighted by Gasteiger charge is 2.22. The highest BCUT2D eigenvalue weighted by atomic mass is 16.3. The maximum absolute atomic E-state index is 11.3. The summed E-state index contributed by atoms with van der Waals surface area (Å²) in [5, 5.41) is 14.5. The molecule has 5 nitrogen and oxygen atoms in total. The molecule has 0 bridgehead atoms. The van der Waals surface area contributed by atoms with E-state index in [1.54, 1.807) is 0 Å². The number of hydrogen-bond donors (Lipinski definition) is 3. The molecule has 2 amide bonds. The number of aliphatic hydroxyl groups is 1. The summed E-state index contributed by atoms with van der Waals surface area (Å²) in [6.07, 6.45) is 0.231. The Hall–Kier alpha value is -1.10. The smallest absolute Gasteiger partial charge is 0.251 e. The molecule has 3 N–H and O–H groups in total. The van der Waals surface area contributed by atoms with Gasteiger partial charge >= 0.3 is 0 Å². The summed E-state index contributed by atoms with van der Waals surface area (Å²) in [5.41, 5.74) is -1.39. The van der Waals surface area contributed by atoms with Gasteiger partial charge < -0.3 is 15.7 Å². The number of nitrogens with one attached hydrogen (secondary N) is 2. The van der Waals surface area contributed by atoms with E-state index >= 15 is 0 Å². The molecule has 0 saturated carbocycles. The Balaban J connectivity index is 3.67. The van der Waals surface area contributed by atoms with Gasteiger partial charge in [-0.1, -0.05) is 13.8 Å². The lowest BCUT2D eigenvalue weighted by molar-refractivity contribution is -0.136. The van der Waals surface area contributed by atoms with E-state index in [0.717, 1.165) is 0 Å². The molecule has 0 aliphatic heterocycles. The van der Waals surface area contributed by atoms with Crippen LogP contribution in [-0.4, -0.2) is 35.6 Å². The average Bonchev–Trinajstić information content (AvgIpc) is 2.13. The molecule has 0 saturated heterocycles. The first-order valence-corrected chi connectivity index (χ1v) is 5.51. The summed E-state index contributed by atoms with van der Waals surface area (Å²) in [6.45, 7) is 7.71. The Kier molecular flexibility index (Phi) is 6.03. The van der Waals surface area contributed by atoms with Crippen molar-refractivity contribution in [2.45, 2.75) is 39.7 Å². The highest BCUT2D eigenvalue weighted by Crippen LogP contribution is 1.99. The van der Waals surface area contributed by atoms with Gasteiger partial charge in [0.2, 0.25) is 5.91 Å². The zero-order valence-corrected chi connectivity index (χ0v) is 10.5. The van der Waals surface area contributed by atoms with Gasteiger partial charge in [-0.25, -0.2) is 0 Å². The molecule has 0 aliphatic carbocycles. The Morgan fingerprint density at radius 3 is 2.25 bits per heavy atom. The molecule has 0 radical (unpaired) electrons. The summed E-state index contributed by atoms with van der Waals surface area (Å²) in [5.74, 6) is -0.149. The highest BCUT2D eigenvalue weighted by molar-refractivity contribution is 5.84. The van der Waals surface area contributed by atoms with Crippen molar-refractivity contribution in [3.63, 3.8) is 0 Å². The minimum absolute atomic E-state index is 0.0928. The predicted octanol–water partition coefficient (Wildman–Crippen LogP) is 0.0358. The van der Waals surface area contributed by atoms with Crippen LogP contribution in [0.1, 0.15) is 34.1 Å². The maximum Gasteiger partial charge on any atom is 0.251 e. The lowest BCUT2D eigenvalue weighted by Gasteiger charge is -2.16. The van der Waals surface area contributed by atoms with Crippen molar-refractivity contribution in [1.82, 2.24) is 10.6 Å². The first-order chi connectivity index (χ1) is 7.23. The van der Waals surface area contributed by atoms with Crippen LogP contribution in [-0.2, 0) is 9.59 Å². The maximum atomic E-state index is 11.3. The van der Waals surface area contributed by atoms with Crippen molar-refractivity contribution in [2.24, 2.45) is 5.92 Å². The quantitative estimate of drug-likeness (QED) is 0.602. The minimum Gasteiger partial charge on any atom is -0.381 e. The standard InChI is InChI=1S/C11H22N2O3/c1-8(2)7-13-9(14)5-6-12-10(15)11(3,4)16/h8,16H,5-7H2,1-4H3,(H,12,15)(H,13,14). The van der Waals surface area contributed by atoms with Gasteiger partial charge in [0.25, 0.3) is 5.91 Å². The van der Waals surface area contributed by atoms with Gasteiger partial charge in [0.05, 0.1) is 0 Å². The summed E-state index contributed by atoms with van der Waals surface area (Å²) < 4.78 is 0. The number of rotatable bonds is 6. The van der Waals surface area contributed by atoms with E-state index in [0.29, 0.717) is 12.5 Å². The van der Waals surface area contributed by atoms with Gasteiger partial charge in [-0.2, -0.15) is 0 Å². The molecule has 0 aliphatic rings. The van der Waals surface area contributed by atoms with E-state index in [4.69, 9.17) is 0 Å². The van der Waals surface area contributed by atoms with Crippen LogP contribution in [0, 0.1) is 5.92 Å². The Morgan fingerprint density at radius 1 is 1.25 bits per heavy atom. The van der Waals surface area contributed by atoms with E-state index in [2.05, 4.69) is 10.6 Å². The van der Waals surface area contributed by atoms with Crippen LogP contribution in [0.25, 0.3) is 0 Å². The topological polar surface area (TPSA) is 78.4 Å². The molecule has 5 heteroatoms. The molecule has 0 rings (SSSR count). The second-order valence-electron chi connectivity index (χ2n) is 4.76. The molecular weight excluding hydrogens is 208 g/mol. The normalized spacial score (nSPS) is 11.4. The summed E-state index contributed by atoms with van der Waals surface area (Å²) in [7, 11) is 0. The third kappa shape index (κ3) is 7.23. The predicted molar refractivity (Wildman–Crippen MR) is 61.8 cm³/mol. The van der Waals surface area contributed by atoms with E-state index in [1.165, 1.54) is 13.8 Å². The number of carbonyl (C=O) groups is 2. The zero-order valence-electron chi connectivity index (χ0n) is 10.5. The van der Waals surface area contributed by atoms with Gasteiger partial charge in [0.15, 0.2) is 0 Å². The molecule has 94 valence electrons. The van der Waals surface area contributed by atoms with Crippen LogP contribution in [0.5, 0.6) is 0 Å². The molecular formula is C11H22N2O3. The zero-order chi connectivity index (χ0) is 12.8. The Labute approximate surface area is 96.6 Å². The largest absolute Gasteiger partial charge is 0.381 e. The van der Waals surface area contributed by atoms with Crippen LogP contribution in [0.2, 0.25) is 0 Å². The third-order valence-electron chi connectivity index (χ3n) is 1.90. The molecule has 0 unspecified atom stereocenters. The SMILES string of the molecule is CC(C)CNC(=O)CCNC(=O)C(C)(C)O. The number of carbonyl (C=O) groups excluding carboxylic acids is 2. The molecule has 16 heavy (non-hydrogen) atoms. The second kappa shape index (κ2) is 6.48. The monoisotopic (exact) mass is 230 g/mol. The van der Waals surface area contributed by atoms with E-state index in [9.17, 15) is 14.7 Å². The van der Waals surface area contributed by atoms with Gasteiger partial charge in [-0.05, 0) is 19.8 Å². The molecule has 0 aromatic heterocycles. The molecule has 0 fully saturated rings. The van der Waals surface area contributed by atoms with Crippen LogP contribution >= 0.6 is 0 Å². The fourth-order valence-electron chi connectivity index (χ4n) is 0.912. The van der Waals surface area contributed by atoms with Crippen LogP contribution in [0.3, 0.4) is 0 Å². The van der Waals surface area contributed by atoms with E-state index in [1.807, 2.05) is 13.8 Å². The van der Waals surface area contributed by atoms with Gasteiger partial charge in [0.1, 0.15) is 5.60 Å². The van der Waals surface area contributed by atoms with Crippen LogP contribution < -0.4 is 10.6 Å². The fraction of sp³-hybridized carbons (Fsp3) is 0.818. The van der Waals surface area contributed by atoms with E-state index < -0.39 is 11.5 Å². The minimum atomic E-state index is -1.39. The van der Waals surface area contributed by atoms with E-state index in [-0.39, 0.29) is 18.9 Å². The molecule has 0 aromatic carbocycles. The van der Waals surface area contributed by atoms with Crippen molar-refractivity contribution in [2.75, 3.05) is 13.1 Å². The third-order valence-corrected chi connectivity index (χ3v) is 1.90. The van der Waals surface area contributed by atoms with Gasteiger partial charge in [0, 0.05) is 19.5 Å². The molecule has 0 heterocycles. The summed E-state index contributed by atoms with van der Waals surface area (Å²) in [4.78, 5) is 22.5. The fourth-order valence-corrected chi connectivity index (χ4v) is 0.912. The molecule has 0 atom stereocenters. The summed E-state index contributed by atoms with van der Waals surface area (Å²) >= 11 is 0.